The van der Waals surface area contributed by atoms with Crippen LogP contribution in [0.2, 0.25) is 0 Å². The molecule has 0 spiro atoms. The van der Waals surface area contributed by atoms with Crippen molar-refractivity contribution < 1.29 is 14.3 Å². The summed E-state index contributed by atoms with van der Waals surface area (Å²) in [6.07, 6.45) is 4.01. The third-order valence-electron chi connectivity index (χ3n) is 5.47. The first-order valence-electron chi connectivity index (χ1n) is 10.6. The lowest BCUT2D eigenvalue weighted by atomic mass is 10.0. The van der Waals surface area contributed by atoms with Gasteiger partial charge in [0.1, 0.15) is 11.9 Å². The molecule has 7 heteroatoms. The first-order valence-corrected chi connectivity index (χ1v) is 10.6. The monoisotopic (exact) mass is 430 g/mol. The van der Waals surface area contributed by atoms with Gasteiger partial charge in [0.25, 0.3) is 5.91 Å². The molecule has 0 radical (unpaired) electrons. The molecule has 3 aromatic rings. The Bertz CT molecular complexity index is 1070. The van der Waals surface area contributed by atoms with Crippen molar-refractivity contribution in [1.82, 2.24) is 15.2 Å². The molecule has 164 valence electrons. The topological polar surface area (TPSA) is 83.6 Å². The fraction of sp³-hybridized carbons (Fsp3) is 0.240. The van der Waals surface area contributed by atoms with E-state index in [4.69, 9.17) is 4.74 Å². The van der Waals surface area contributed by atoms with Gasteiger partial charge in [0.15, 0.2) is 0 Å². The summed E-state index contributed by atoms with van der Waals surface area (Å²) in [6, 6.07) is 18.9. The number of ether oxygens (including phenoxy) is 1. The molecule has 1 unspecified atom stereocenters. The molecule has 1 aliphatic rings. The van der Waals surface area contributed by atoms with Gasteiger partial charge in [-0.3, -0.25) is 14.6 Å². The summed E-state index contributed by atoms with van der Waals surface area (Å²) in [5.41, 5.74) is 3.35. The number of aromatic nitrogens is 1. The van der Waals surface area contributed by atoms with Crippen molar-refractivity contribution in [2.24, 2.45) is 0 Å². The van der Waals surface area contributed by atoms with Gasteiger partial charge in [0, 0.05) is 37.6 Å². The number of methoxy groups -OCH3 is 1. The number of carbonyl (C=O) groups is 2. The zero-order valence-electron chi connectivity index (χ0n) is 18.0. The maximum Gasteiger partial charge on any atom is 0.257 e. The lowest BCUT2D eigenvalue weighted by Gasteiger charge is -2.38. The molecular formula is C25H26N4O3. The zero-order valence-corrected chi connectivity index (χ0v) is 18.0. The number of anilines is 1. The number of para-hydroxylation sites is 1. The van der Waals surface area contributed by atoms with Gasteiger partial charge < -0.3 is 20.3 Å². The van der Waals surface area contributed by atoms with Gasteiger partial charge in [-0.05, 0) is 47.9 Å². The van der Waals surface area contributed by atoms with E-state index in [1.165, 1.54) is 0 Å². The summed E-state index contributed by atoms with van der Waals surface area (Å²) in [7, 11) is 1.62. The van der Waals surface area contributed by atoms with Crippen molar-refractivity contribution >= 4 is 17.5 Å². The van der Waals surface area contributed by atoms with Gasteiger partial charge in [-0.25, -0.2) is 0 Å². The zero-order chi connectivity index (χ0) is 22.3. The number of fused-ring (bicyclic) bond motifs is 1. The van der Waals surface area contributed by atoms with Crippen LogP contribution in [0.5, 0.6) is 5.75 Å². The van der Waals surface area contributed by atoms with E-state index in [-0.39, 0.29) is 18.0 Å². The third kappa shape index (κ3) is 4.88. The maximum absolute atomic E-state index is 13.3. The second-order valence-corrected chi connectivity index (χ2v) is 7.61. The van der Waals surface area contributed by atoms with E-state index in [1.54, 1.807) is 24.4 Å². The molecule has 0 fully saturated rings. The Morgan fingerprint density at radius 2 is 1.94 bits per heavy atom. The lowest BCUT2D eigenvalue weighted by Crippen LogP contribution is -2.43. The van der Waals surface area contributed by atoms with Crippen LogP contribution in [-0.4, -0.2) is 35.4 Å². The van der Waals surface area contributed by atoms with E-state index in [0.717, 1.165) is 22.6 Å². The molecule has 2 aromatic carbocycles. The molecule has 32 heavy (non-hydrogen) atoms. The molecule has 1 atom stereocenters. The Hall–Kier alpha value is -3.87. The molecule has 0 bridgehead atoms. The van der Waals surface area contributed by atoms with Crippen molar-refractivity contribution in [3.05, 3.63) is 89.7 Å². The van der Waals surface area contributed by atoms with Gasteiger partial charge >= 0.3 is 0 Å². The SMILES string of the molecule is COc1ccc(C2Nc3ccccc3C(=O)N2CCCC(=O)NCc2cccnc2)cc1. The van der Waals surface area contributed by atoms with Crippen LogP contribution in [0.3, 0.4) is 0 Å². The minimum atomic E-state index is -0.318. The summed E-state index contributed by atoms with van der Waals surface area (Å²) in [4.78, 5) is 31.4. The highest BCUT2D eigenvalue weighted by atomic mass is 16.5. The standard InChI is InChI=1S/C25H26N4O3/c1-32-20-12-10-19(11-13-20)24-28-22-8-3-2-7-21(22)25(31)29(24)15-5-9-23(30)27-17-18-6-4-14-26-16-18/h2-4,6-8,10-14,16,24,28H,5,9,15,17H2,1H3,(H,27,30). The molecule has 4 rings (SSSR count). The molecule has 0 saturated carbocycles. The summed E-state index contributed by atoms with van der Waals surface area (Å²) in [6.45, 7) is 0.899. The number of rotatable bonds is 8. The van der Waals surface area contributed by atoms with Crippen LogP contribution in [0.4, 0.5) is 5.69 Å². The first-order chi connectivity index (χ1) is 15.7. The van der Waals surface area contributed by atoms with Gasteiger partial charge in [-0.2, -0.15) is 0 Å². The van der Waals surface area contributed by atoms with Crippen LogP contribution in [0.15, 0.2) is 73.1 Å². The Labute approximate surface area is 187 Å². The molecule has 1 aromatic heterocycles. The highest BCUT2D eigenvalue weighted by molar-refractivity contribution is 6.01. The molecule has 2 amide bonds. The van der Waals surface area contributed by atoms with Gasteiger partial charge in [-0.15, -0.1) is 0 Å². The number of hydrogen-bond acceptors (Lipinski definition) is 5. The number of pyridine rings is 1. The average Bonchev–Trinajstić information content (AvgIpc) is 2.85. The largest absolute Gasteiger partial charge is 0.497 e. The highest BCUT2D eigenvalue weighted by Crippen LogP contribution is 2.33. The number of benzene rings is 2. The third-order valence-corrected chi connectivity index (χ3v) is 5.47. The van der Waals surface area contributed by atoms with Crippen LogP contribution in [-0.2, 0) is 11.3 Å². The van der Waals surface area contributed by atoms with Gasteiger partial charge in [0.05, 0.1) is 12.7 Å². The number of nitrogens with one attached hydrogen (secondary N) is 2. The fourth-order valence-corrected chi connectivity index (χ4v) is 3.77. The van der Waals surface area contributed by atoms with Crippen LogP contribution >= 0.6 is 0 Å². The van der Waals surface area contributed by atoms with Gasteiger partial charge in [-0.1, -0.05) is 30.3 Å². The van der Waals surface area contributed by atoms with Crippen molar-refractivity contribution in [3.63, 3.8) is 0 Å². The van der Waals surface area contributed by atoms with Crippen molar-refractivity contribution in [3.8, 4) is 5.75 Å². The van der Waals surface area contributed by atoms with E-state index in [2.05, 4.69) is 15.6 Å². The van der Waals surface area contributed by atoms with E-state index in [1.807, 2.05) is 60.7 Å². The molecule has 1 aliphatic heterocycles. The quantitative estimate of drug-likeness (QED) is 0.569. The van der Waals surface area contributed by atoms with Crippen molar-refractivity contribution in [1.29, 1.82) is 0 Å². The predicted molar refractivity (Wildman–Crippen MR) is 122 cm³/mol. The van der Waals surface area contributed by atoms with E-state index in [9.17, 15) is 9.59 Å². The average molecular weight is 431 g/mol. The fourth-order valence-electron chi connectivity index (χ4n) is 3.77. The van der Waals surface area contributed by atoms with E-state index < -0.39 is 0 Å². The van der Waals surface area contributed by atoms with Crippen LogP contribution < -0.4 is 15.4 Å². The van der Waals surface area contributed by atoms with Crippen LogP contribution in [0.25, 0.3) is 0 Å². The number of carbonyl (C=O) groups excluding carboxylic acids is 2. The normalized spacial score (nSPS) is 15.0. The molecule has 7 nitrogen and oxygen atoms in total. The molecular weight excluding hydrogens is 404 g/mol. The molecule has 2 heterocycles. The minimum Gasteiger partial charge on any atom is -0.497 e. The summed E-state index contributed by atoms with van der Waals surface area (Å²) in [5, 5.41) is 6.38. The Morgan fingerprint density at radius 3 is 2.69 bits per heavy atom. The van der Waals surface area contributed by atoms with Gasteiger partial charge in [0.2, 0.25) is 5.91 Å². The smallest absolute Gasteiger partial charge is 0.257 e. The second kappa shape index (κ2) is 9.96. The van der Waals surface area contributed by atoms with E-state index >= 15 is 0 Å². The molecule has 2 N–H and O–H groups in total. The van der Waals surface area contributed by atoms with E-state index in [0.29, 0.717) is 31.5 Å². The van der Waals surface area contributed by atoms with Crippen LogP contribution in [0.1, 0.15) is 40.5 Å². The molecule has 0 saturated heterocycles. The number of amides is 2. The lowest BCUT2D eigenvalue weighted by molar-refractivity contribution is -0.121. The first kappa shape index (κ1) is 21.4. The maximum atomic E-state index is 13.3. The van der Waals surface area contributed by atoms with Crippen molar-refractivity contribution in [2.45, 2.75) is 25.6 Å². The predicted octanol–water partition coefficient (Wildman–Crippen LogP) is 3.75. The Kier molecular flexibility index (Phi) is 6.65. The summed E-state index contributed by atoms with van der Waals surface area (Å²) in [5.74, 6) is 0.664. The minimum absolute atomic E-state index is 0.0454. The summed E-state index contributed by atoms with van der Waals surface area (Å²) < 4.78 is 5.26. The van der Waals surface area contributed by atoms with Crippen molar-refractivity contribution in [2.75, 3.05) is 19.0 Å². The highest BCUT2D eigenvalue weighted by Gasteiger charge is 2.32. The van der Waals surface area contributed by atoms with Crippen LogP contribution in [0, 0.1) is 0 Å². The second-order valence-electron chi connectivity index (χ2n) is 7.61. The number of hydrogen-bond donors (Lipinski definition) is 2. The molecule has 0 aliphatic carbocycles. The number of nitrogens with zero attached hydrogens (tertiary/aromatic N) is 2. The Morgan fingerprint density at radius 1 is 1.12 bits per heavy atom. The summed E-state index contributed by atoms with van der Waals surface area (Å²) >= 11 is 0. The Balaban J connectivity index is 1.43.